The summed E-state index contributed by atoms with van der Waals surface area (Å²) >= 11 is 1.63. The highest BCUT2D eigenvalue weighted by Crippen LogP contribution is 2.02. The fourth-order valence-electron chi connectivity index (χ4n) is 0.904. The van der Waals surface area contributed by atoms with Gasteiger partial charge in [-0.2, -0.15) is 11.8 Å². The van der Waals surface area contributed by atoms with Crippen LogP contribution in [0.4, 0.5) is 0 Å². The van der Waals surface area contributed by atoms with Crippen LogP contribution >= 0.6 is 11.8 Å². The minimum atomic E-state index is -0.134. The van der Waals surface area contributed by atoms with Crippen molar-refractivity contribution in [3.8, 4) is 0 Å². The van der Waals surface area contributed by atoms with Crippen LogP contribution in [-0.4, -0.2) is 37.7 Å². The molecule has 0 spiro atoms. The van der Waals surface area contributed by atoms with Gasteiger partial charge in [0.05, 0.1) is 12.9 Å². The Morgan fingerprint density at radius 1 is 1.50 bits per heavy atom. The summed E-state index contributed by atoms with van der Waals surface area (Å²) in [4.78, 5) is 10.7. The second-order valence-electron chi connectivity index (χ2n) is 3.58. The first-order chi connectivity index (χ1) is 6.66. The molecule has 0 bridgehead atoms. The number of methoxy groups -OCH3 is 1. The molecule has 84 valence electrons. The highest BCUT2D eigenvalue weighted by atomic mass is 32.2. The zero-order chi connectivity index (χ0) is 10.8. The Bertz CT molecular complexity index is 151. The molecule has 0 fully saturated rings. The number of hydrogen-bond acceptors (Lipinski definition) is 4. The van der Waals surface area contributed by atoms with Crippen molar-refractivity contribution in [1.29, 1.82) is 0 Å². The van der Waals surface area contributed by atoms with E-state index in [2.05, 4.69) is 23.9 Å². The van der Waals surface area contributed by atoms with Crippen molar-refractivity contribution in [2.24, 2.45) is 5.92 Å². The molecule has 0 aromatic carbocycles. The van der Waals surface area contributed by atoms with E-state index in [0.29, 0.717) is 11.7 Å². The lowest BCUT2D eigenvalue weighted by atomic mass is 10.2. The maximum Gasteiger partial charge on any atom is 0.315 e. The number of esters is 1. The highest BCUT2D eigenvalue weighted by molar-refractivity contribution is 7.99. The first kappa shape index (κ1) is 13.8. The van der Waals surface area contributed by atoms with Gasteiger partial charge in [0.2, 0.25) is 0 Å². The summed E-state index contributed by atoms with van der Waals surface area (Å²) in [5.41, 5.74) is 0. The molecule has 0 saturated heterocycles. The van der Waals surface area contributed by atoms with Gasteiger partial charge in [0.1, 0.15) is 0 Å². The smallest absolute Gasteiger partial charge is 0.315 e. The minimum Gasteiger partial charge on any atom is -0.468 e. The number of hydrogen-bond donors (Lipinski definition) is 1. The van der Waals surface area contributed by atoms with Gasteiger partial charge in [0, 0.05) is 0 Å². The van der Waals surface area contributed by atoms with Gasteiger partial charge in [-0.25, -0.2) is 0 Å². The highest BCUT2D eigenvalue weighted by Gasteiger charge is 1.99. The van der Waals surface area contributed by atoms with E-state index in [1.807, 2.05) is 0 Å². The van der Waals surface area contributed by atoms with E-state index in [1.165, 1.54) is 7.11 Å². The quantitative estimate of drug-likeness (QED) is 0.496. The maximum absolute atomic E-state index is 10.7. The van der Waals surface area contributed by atoms with E-state index in [1.54, 1.807) is 11.8 Å². The van der Waals surface area contributed by atoms with Crippen LogP contribution < -0.4 is 5.32 Å². The summed E-state index contributed by atoms with van der Waals surface area (Å²) in [5.74, 6) is 2.06. The van der Waals surface area contributed by atoms with Crippen molar-refractivity contribution in [1.82, 2.24) is 5.32 Å². The molecule has 0 aliphatic rings. The van der Waals surface area contributed by atoms with E-state index >= 15 is 0 Å². The number of nitrogens with one attached hydrogen (secondary N) is 1. The summed E-state index contributed by atoms with van der Waals surface area (Å²) in [6.07, 6.45) is 1.11. The van der Waals surface area contributed by atoms with Gasteiger partial charge in [0.25, 0.3) is 0 Å². The molecule has 0 aromatic rings. The second-order valence-corrected chi connectivity index (χ2v) is 4.69. The van der Waals surface area contributed by atoms with Crippen molar-refractivity contribution in [3.05, 3.63) is 0 Å². The van der Waals surface area contributed by atoms with Crippen LogP contribution in [0.5, 0.6) is 0 Å². The second kappa shape index (κ2) is 9.34. The van der Waals surface area contributed by atoms with Crippen LogP contribution in [0.1, 0.15) is 20.3 Å². The van der Waals surface area contributed by atoms with Gasteiger partial charge in [-0.1, -0.05) is 13.8 Å². The molecule has 1 N–H and O–H groups in total. The third kappa shape index (κ3) is 9.86. The Morgan fingerprint density at radius 2 is 2.21 bits per heavy atom. The topological polar surface area (TPSA) is 38.3 Å². The predicted octanol–water partition coefficient (Wildman–Crippen LogP) is 1.53. The van der Waals surface area contributed by atoms with Gasteiger partial charge in [-0.3, -0.25) is 4.79 Å². The molecule has 0 amide bonds. The van der Waals surface area contributed by atoms with E-state index in [9.17, 15) is 4.79 Å². The number of ether oxygens (including phenoxy) is 1. The van der Waals surface area contributed by atoms with Crippen LogP contribution in [-0.2, 0) is 9.53 Å². The van der Waals surface area contributed by atoms with Crippen molar-refractivity contribution in [2.75, 3.05) is 31.7 Å². The lowest BCUT2D eigenvalue weighted by molar-refractivity contribution is -0.137. The normalized spacial score (nSPS) is 10.6. The zero-order valence-electron chi connectivity index (χ0n) is 9.34. The maximum atomic E-state index is 10.7. The molecule has 0 aromatic heterocycles. The fraction of sp³-hybridized carbons (Fsp3) is 0.900. The molecule has 0 heterocycles. The molecule has 4 heteroatoms. The van der Waals surface area contributed by atoms with Gasteiger partial charge < -0.3 is 10.1 Å². The molecule has 0 aliphatic heterocycles. The molecule has 0 atom stereocenters. The van der Waals surface area contributed by atoms with Crippen molar-refractivity contribution >= 4 is 17.7 Å². The number of thioether (sulfide) groups is 1. The number of carbonyl (C=O) groups excluding carboxylic acids is 1. The molecule has 0 radical (unpaired) electrons. The van der Waals surface area contributed by atoms with Crippen LogP contribution in [0.3, 0.4) is 0 Å². The SMILES string of the molecule is COC(=O)CSCCCNCC(C)C. The molecule has 3 nitrogen and oxygen atoms in total. The molecule has 0 unspecified atom stereocenters. The summed E-state index contributed by atoms with van der Waals surface area (Å²) in [6, 6.07) is 0. The van der Waals surface area contributed by atoms with Crippen LogP contribution in [0, 0.1) is 5.92 Å². The Hall–Kier alpha value is -0.220. The summed E-state index contributed by atoms with van der Waals surface area (Å²) in [5, 5.41) is 3.36. The Kier molecular flexibility index (Phi) is 9.19. The molecule has 0 rings (SSSR count). The van der Waals surface area contributed by atoms with E-state index in [-0.39, 0.29) is 5.97 Å². The third-order valence-electron chi connectivity index (χ3n) is 1.64. The largest absolute Gasteiger partial charge is 0.468 e. The molecule has 0 aliphatic carbocycles. The number of carbonyl (C=O) groups is 1. The molecule has 14 heavy (non-hydrogen) atoms. The van der Waals surface area contributed by atoms with Crippen LogP contribution in [0.15, 0.2) is 0 Å². The van der Waals surface area contributed by atoms with Crippen LogP contribution in [0.2, 0.25) is 0 Å². The zero-order valence-corrected chi connectivity index (χ0v) is 10.2. The van der Waals surface area contributed by atoms with Crippen molar-refractivity contribution in [2.45, 2.75) is 20.3 Å². The predicted molar refractivity (Wildman–Crippen MR) is 61.7 cm³/mol. The lowest BCUT2D eigenvalue weighted by Crippen LogP contribution is -2.21. The molecular formula is C10H21NO2S. The lowest BCUT2D eigenvalue weighted by Gasteiger charge is -2.06. The van der Waals surface area contributed by atoms with Crippen LogP contribution in [0.25, 0.3) is 0 Å². The van der Waals surface area contributed by atoms with Crippen molar-refractivity contribution < 1.29 is 9.53 Å². The van der Waals surface area contributed by atoms with Gasteiger partial charge in [0.15, 0.2) is 0 Å². The number of rotatable bonds is 8. The molecular weight excluding hydrogens is 198 g/mol. The fourth-order valence-corrected chi connectivity index (χ4v) is 1.68. The summed E-state index contributed by atoms with van der Waals surface area (Å²) < 4.78 is 4.53. The minimum absolute atomic E-state index is 0.134. The average Bonchev–Trinajstić information content (AvgIpc) is 2.15. The monoisotopic (exact) mass is 219 g/mol. The Balaban J connectivity index is 3.03. The molecule has 0 saturated carbocycles. The van der Waals surface area contributed by atoms with Gasteiger partial charge in [-0.05, 0) is 31.2 Å². The first-order valence-corrected chi connectivity index (χ1v) is 6.17. The average molecular weight is 219 g/mol. The van der Waals surface area contributed by atoms with Gasteiger partial charge in [-0.15, -0.1) is 0 Å². The van der Waals surface area contributed by atoms with E-state index < -0.39 is 0 Å². The van der Waals surface area contributed by atoms with Gasteiger partial charge >= 0.3 is 5.97 Å². The van der Waals surface area contributed by atoms with E-state index in [4.69, 9.17) is 0 Å². The van der Waals surface area contributed by atoms with E-state index in [0.717, 1.165) is 25.3 Å². The standard InChI is InChI=1S/C10H21NO2S/c1-9(2)7-11-5-4-6-14-8-10(12)13-3/h9,11H,4-8H2,1-3H3. The third-order valence-corrected chi connectivity index (χ3v) is 2.66. The Morgan fingerprint density at radius 3 is 2.79 bits per heavy atom. The summed E-state index contributed by atoms with van der Waals surface area (Å²) in [6.45, 7) is 6.49. The first-order valence-electron chi connectivity index (χ1n) is 5.02. The van der Waals surface area contributed by atoms with Crippen molar-refractivity contribution in [3.63, 3.8) is 0 Å². The Labute approximate surface area is 91.0 Å². The summed E-state index contributed by atoms with van der Waals surface area (Å²) in [7, 11) is 1.42.